The molecule has 0 bridgehead atoms. The van der Waals surface area contributed by atoms with Gasteiger partial charge in [-0.2, -0.15) is 22.3 Å². The summed E-state index contributed by atoms with van der Waals surface area (Å²) >= 11 is 5.87. The second kappa shape index (κ2) is 12.3. The molecule has 0 radical (unpaired) electrons. The first kappa shape index (κ1) is 32.8. The van der Waals surface area contributed by atoms with Gasteiger partial charge in [-0.3, -0.25) is 9.48 Å². The van der Waals surface area contributed by atoms with Gasteiger partial charge in [0.25, 0.3) is 0 Å². The van der Waals surface area contributed by atoms with Gasteiger partial charge in [0.15, 0.2) is 11.2 Å². The van der Waals surface area contributed by atoms with Gasteiger partial charge in [0.2, 0.25) is 39.9 Å². The summed E-state index contributed by atoms with van der Waals surface area (Å²) in [5.74, 6) is -15.0. The number of benzene rings is 2. The van der Waals surface area contributed by atoms with Crippen LogP contribution in [0.25, 0.3) is 22.3 Å². The highest BCUT2D eigenvalue weighted by molar-refractivity contribution is 7.87. The van der Waals surface area contributed by atoms with Crippen molar-refractivity contribution in [1.82, 2.24) is 14.8 Å². The zero-order chi connectivity index (χ0) is 33.7. The smallest absolute Gasteiger partial charge is 0.360 e. The molecule has 17 heteroatoms. The third-order valence-electron chi connectivity index (χ3n) is 6.75. The quantitative estimate of drug-likeness (QED) is 0.0660. The van der Waals surface area contributed by atoms with E-state index in [9.17, 15) is 40.3 Å². The van der Waals surface area contributed by atoms with Crippen molar-refractivity contribution >= 4 is 32.7 Å². The van der Waals surface area contributed by atoms with Gasteiger partial charge in [-0.15, -0.1) is 0 Å². The number of hydrogen-bond acceptors (Lipinski definition) is 9. The summed E-state index contributed by atoms with van der Waals surface area (Å²) in [5.41, 5.74) is 1.26. The lowest BCUT2D eigenvalue weighted by molar-refractivity contribution is 0.218. The fraction of sp³-hybridized carbons (Fsp3) is 0.207. The molecule has 10 nitrogen and oxygen atoms in total. The highest BCUT2D eigenvalue weighted by atomic mass is 35.5. The molecule has 0 aliphatic rings. The van der Waals surface area contributed by atoms with Crippen molar-refractivity contribution in [2.75, 3.05) is 6.61 Å². The van der Waals surface area contributed by atoms with E-state index in [0.29, 0.717) is 11.1 Å². The first-order valence-corrected chi connectivity index (χ1v) is 14.9. The standard InChI is InChI=1S/C29H21ClF5N3O7S/c1-12-8-16(27-17(9-12)25(40)13(2)26(44-27)15-10-36-38(11-15)6-7-39)14(3)43-18-4-5-19(30)37-29(18)46(41,42)45-28-23(34)21(32)20(31)22(33)24(28)35/h4-5,8-11,14,39H,6-7H2,1-3H3. The largest absolute Gasteiger partial charge is 0.483 e. The zero-order valence-corrected chi connectivity index (χ0v) is 25.4. The van der Waals surface area contributed by atoms with E-state index in [1.54, 1.807) is 32.2 Å². The van der Waals surface area contributed by atoms with Crippen LogP contribution in [-0.4, -0.2) is 34.9 Å². The molecule has 0 saturated heterocycles. The van der Waals surface area contributed by atoms with E-state index in [1.165, 1.54) is 17.8 Å². The molecule has 5 rings (SSSR count). The fourth-order valence-corrected chi connectivity index (χ4v) is 5.80. The first-order chi connectivity index (χ1) is 21.6. The maximum atomic E-state index is 14.3. The van der Waals surface area contributed by atoms with Crippen LogP contribution in [0.15, 0.2) is 50.9 Å². The Morgan fingerprint density at radius 1 is 1.04 bits per heavy atom. The SMILES string of the molecule is Cc1cc(C(C)Oc2ccc(Cl)nc2S(=O)(=O)Oc2c(F)c(F)c(F)c(F)c2F)c2oc(-c3cnn(CCO)c3)c(C)c(=O)c2c1. The van der Waals surface area contributed by atoms with Gasteiger partial charge in [0.05, 0.1) is 30.3 Å². The number of aliphatic hydroxyl groups is 1. The Hall–Kier alpha value is -4.54. The highest BCUT2D eigenvalue weighted by Gasteiger charge is 2.34. The number of fused-ring (bicyclic) bond motifs is 1. The maximum Gasteiger partial charge on any atom is 0.360 e. The van der Waals surface area contributed by atoms with Crippen molar-refractivity contribution in [3.8, 4) is 22.8 Å². The Balaban J connectivity index is 1.59. The van der Waals surface area contributed by atoms with Crippen LogP contribution in [-0.2, 0) is 16.7 Å². The molecule has 1 atom stereocenters. The van der Waals surface area contributed by atoms with Crippen LogP contribution in [0.2, 0.25) is 5.15 Å². The summed E-state index contributed by atoms with van der Waals surface area (Å²) in [6, 6.07) is 5.33. The molecule has 1 unspecified atom stereocenters. The van der Waals surface area contributed by atoms with Crippen molar-refractivity contribution in [1.29, 1.82) is 0 Å². The van der Waals surface area contributed by atoms with Crippen molar-refractivity contribution in [3.63, 3.8) is 0 Å². The number of aryl methyl sites for hydroxylation is 1. The number of nitrogens with zero attached hydrogens (tertiary/aromatic N) is 3. The Kier molecular flexibility index (Phi) is 8.81. The molecule has 0 aliphatic carbocycles. The van der Waals surface area contributed by atoms with Gasteiger partial charge in [-0.25, -0.2) is 18.2 Å². The molecule has 0 spiro atoms. The summed E-state index contributed by atoms with van der Waals surface area (Å²) in [6.07, 6.45) is 1.90. The van der Waals surface area contributed by atoms with Crippen LogP contribution >= 0.6 is 11.6 Å². The van der Waals surface area contributed by atoms with Crippen LogP contribution in [0, 0.1) is 42.9 Å². The highest BCUT2D eigenvalue weighted by Crippen LogP contribution is 2.37. The summed E-state index contributed by atoms with van der Waals surface area (Å²) in [7, 11) is -5.45. The topological polar surface area (TPSA) is 134 Å². The van der Waals surface area contributed by atoms with Gasteiger partial charge in [-0.1, -0.05) is 11.6 Å². The predicted molar refractivity (Wildman–Crippen MR) is 153 cm³/mol. The van der Waals surface area contributed by atoms with Crippen molar-refractivity contribution in [2.24, 2.45) is 0 Å². The molecule has 3 aromatic heterocycles. The van der Waals surface area contributed by atoms with Gasteiger partial charge in [-0.05, 0) is 50.6 Å². The van der Waals surface area contributed by atoms with E-state index in [2.05, 4.69) is 14.3 Å². The van der Waals surface area contributed by atoms with E-state index in [-0.39, 0.29) is 46.4 Å². The van der Waals surface area contributed by atoms with E-state index in [4.69, 9.17) is 20.8 Å². The average Bonchev–Trinajstić information content (AvgIpc) is 3.48. The number of rotatable bonds is 9. The Bertz CT molecular complexity index is 2160. The minimum atomic E-state index is -5.45. The van der Waals surface area contributed by atoms with E-state index in [0.717, 1.165) is 12.1 Å². The summed E-state index contributed by atoms with van der Waals surface area (Å²) in [4.78, 5) is 17.0. The minimum absolute atomic E-state index is 0.0718. The first-order valence-electron chi connectivity index (χ1n) is 13.1. The second-order valence-corrected chi connectivity index (χ2v) is 11.8. The van der Waals surface area contributed by atoms with E-state index < -0.39 is 67.0 Å². The number of ether oxygens (including phenoxy) is 1. The number of pyridine rings is 1. The molecule has 1 N–H and O–H groups in total. The average molecular weight is 686 g/mol. The molecule has 0 amide bonds. The lowest BCUT2D eigenvalue weighted by atomic mass is 10.0. The number of aliphatic hydroxyl groups excluding tert-OH is 1. The predicted octanol–water partition coefficient (Wildman–Crippen LogP) is 5.92. The molecular formula is C29H21ClF5N3O7S. The summed E-state index contributed by atoms with van der Waals surface area (Å²) < 4.78 is 114. The number of aromatic nitrogens is 3. The maximum absolute atomic E-state index is 14.3. The number of hydrogen-bond donors (Lipinski definition) is 1. The summed E-state index contributed by atoms with van der Waals surface area (Å²) in [6.45, 7) is 4.73. The third kappa shape index (κ3) is 5.90. The van der Waals surface area contributed by atoms with Gasteiger partial charge >= 0.3 is 10.1 Å². The van der Waals surface area contributed by atoms with E-state index in [1.807, 2.05) is 0 Å². The molecule has 2 aromatic carbocycles. The third-order valence-corrected chi connectivity index (χ3v) is 8.11. The molecule has 5 aromatic rings. The minimum Gasteiger partial charge on any atom is -0.483 e. The Labute approximate surface area is 261 Å². The van der Waals surface area contributed by atoms with Crippen LogP contribution in [0.1, 0.15) is 29.7 Å². The fourth-order valence-electron chi connectivity index (χ4n) is 4.59. The van der Waals surface area contributed by atoms with Gasteiger partial charge < -0.3 is 18.4 Å². The van der Waals surface area contributed by atoms with Gasteiger partial charge in [0, 0.05) is 17.3 Å². The monoisotopic (exact) mass is 685 g/mol. The van der Waals surface area contributed by atoms with Crippen LogP contribution in [0.3, 0.4) is 0 Å². The lowest BCUT2D eigenvalue weighted by Gasteiger charge is -2.19. The molecule has 3 heterocycles. The Morgan fingerprint density at radius 2 is 1.70 bits per heavy atom. The van der Waals surface area contributed by atoms with Crippen molar-refractivity contribution < 1.29 is 48.8 Å². The van der Waals surface area contributed by atoms with Crippen molar-refractivity contribution in [3.05, 3.63) is 97.8 Å². The second-order valence-electron chi connectivity index (χ2n) is 9.97. The number of halogens is 6. The van der Waals surface area contributed by atoms with Crippen LogP contribution in [0.5, 0.6) is 11.5 Å². The normalized spacial score (nSPS) is 12.5. The molecule has 0 saturated carbocycles. The van der Waals surface area contributed by atoms with Crippen molar-refractivity contribution in [2.45, 2.75) is 38.4 Å². The molecule has 46 heavy (non-hydrogen) atoms. The zero-order valence-electron chi connectivity index (χ0n) is 23.9. The van der Waals surface area contributed by atoms with Crippen LogP contribution < -0.4 is 14.3 Å². The Morgan fingerprint density at radius 3 is 2.35 bits per heavy atom. The molecule has 0 fully saturated rings. The molecular weight excluding hydrogens is 665 g/mol. The van der Waals surface area contributed by atoms with Gasteiger partial charge in [0.1, 0.15) is 22.6 Å². The van der Waals surface area contributed by atoms with Crippen LogP contribution in [0.4, 0.5) is 22.0 Å². The lowest BCUT2D eigenvalue weighted by Crippen LogP contribution is -2.18. The summed E-state index contributed by atoms with van der Waals surface area (Å²) in [5, 5.41) is 11.9. The molecule has 0 aliphatic heterocycles. The molecule has 242 valence electrons. The van der Waals surface area contributed by atoms with E-state index >= 15 is 0 Å².